The normalized spacial score (nSPS) is 12.4. The SMILES string of the molecule is CCCNC(c1ccc(Cl)c(Cl)c1)c1cnc(C)cn1. The Bertz CT molecular complexity index is 570. The molecule has 0 radical (unpaired) electrons. The first kappa shape index (κ1) is 15.2. The van der Waals surface area contributed by atoms with Gasteiger partial charge in [0.25, 0.3) is 0 Å². The van der Waals surface area contributed by atoms with E-state index >= 15 is 0 Å². The Morgan fingerprint density at radius 3 is 2.55 bits per heavy atom. The van der Waals surface area contributed by atoms with Gasteiger partial charge in [-0.15, -0.1) is 0 Å². The van der Waals surface area contributed by atoms with Crippen LogP contribution in [0.4, 0.5) is 0 Å². The van der Waals surface area contributed by atoms with Gasteiger partial charge >= 0.3 is 0 Å². The molecule has 0 saturated heterocycles. The summed E-state index contributed by atoms with van der Waals surface area (Å²) in [7, 11) is 0. The van der Waals surface area contributed by atoms with Crippen molar-refractivity contribution in [2.45, 2.75) is 26.3 Å². The Morgan fingerprint density at radius 2 is 1.95 bits per heavy atom. The van der Waals surface area contributed by atoms with E-state index in [1.54, 1.807) is 12.4 Å². The minimum absolute atomic E-state index is 0.0298. The summed E-state index contributed by atoms with van der Waals surface area (Å²) in [6.45, 7) is 4.94. The molecular weight excluding hydrogens is 293 g/mol. The van der Waals surface area contributed by atoms with Gasteiger partial charge in [0, 0.05) is 6.20 Å². The molecule has 0 spiro atoms. The molecule has 1 N–H and O–H groups in total. The highest BCUT2D eigenvalue weighted by atomic mass is 35.5. The smallest absolute Gasteiger partial charge is 0.0801 e. The molecule has 2 aromatic rings. The van der Waals surface area contributed by atoms with Gasteiger partial charge in [-0.05, 0) is 37.6 Å². The van der Waals surface area contributed by atoms with E-state index in [1.807, 2.05) is 25.1 Å². The zero-order valence-electron chi connectivity index (χ0n) is 11.5. The average Bonchev–Trinajstić information content (AvgIpc) is 2.45. The summed E-state index contributed by atoms with van der Waals surface area (Å²) < 4.78 is 0. The standard InChI is InChI=1S/C15H17Cl2N3/c1-3-6-18-15(14-9-19-10(2)8-20-14)11-4-5-12(16)13(17)7-11/h4-5,7-9,15,18H,3,6H2,1-2H3. The van der Waals surface area contributed by atoms with E-state index in [2.05, 4.69) is 22.2 Å². The van der Waals surface area contributed by atoms with Crippen LogP contribution in [0.2, 0.25) is 10.0 Å². The fourth-order valence-electron chi connectivity index (χ4n) is 1.93. The summed E-state index contributed by atoms with van der Waals surface area (Å²) in [4.78, 5) is 8.77. The highest BCUT2D eigenvalue weighted by molar-refractivity contribution is 6.42. The Kier molecular flexibility index (Phi) is 5.35. The number of hydrogen-bond donors (Lipinski definition) is 1. The van der Waals surface area contributed by atoms with E-state index in [0.29, 0.717) is 10.0 Å². The highest BCUT2D eigenvalue weighted by Crippen LogP contribution is 2.28. The molecule has 2 rings (SSSR count). The van der Waals surface area contributed by atoms with E-state index in [1.165, 1.54) is 0 Å². The summed E-state index contributed by atoms with van der Waals surface area (Å²) in [5.41, 5.74) is 2.81. The van der Waals surface area contributed by atoms with Crippen LogP contribution in [0.1, 0.15) is 36.3 Å². The second-order valence-electron chi connectivity index (χ2n) is 4.64. The van der Waals surface area contributed by atoms with Gasteiger partial charge in [0.15, 0.2) is 0 Å². The molecule has 0 aliphatic carbocycles. The number of aromatic nitrogens is 2. The number of hydrogen-bond acceptors (Lipinski definition) is 3. The predicted molar refractivity (Wildman–Crippen MR) is 83.4 cm³/mol. The largest absolute Gasteiger partial charge is 0.305 e. The topological polar surface area (TPSA) is 37.8 Å². The van der Waals surface area contributed by atoms with Crippen molar-refractivity contribution >= 4 is 23.2 Å². The molecule has 0 amide bonds. The van der Waals surface area contributed by atoms with Gasteiger partial charge in [-0.25, -0.2) is 0 Å². The third-order valence-corrected chi connectivity index (χ3v) is 3.71. The quantitative estimate of drug-likeness (QED) is 0.900. The van der Waals surface area contributed by atoms with Crippen LogP contribution < -0.4 is 5.32 Å². The summed E-state index contributed by atoms with van der Waals surface area (Å²) in [6, 6.07) is 5.61. The van der Waals surface area contributed by atoms with Crippen molar-refractivity contribution in [3.05, 3.63) is 57.6 Å². The molecule has 5 heteroatoms. The van der Waals surface area contributed by atoms with Crippen LogP contribution in [0.5, 0.6) is 0 Å². The Balaban J connectivity index is 2.35. The molecular formula is C15H17Cl2N3. The Hall–Kier alpha value is -1.16. The van der Waals surface area contributed by atoms with Crippen molar-refractivity contribution in [1.29, 1.82) is 0 Å². The first-order chi connectivity index (χ1) is 9.61. The summed E-state index contributed by atoms with van der Waals surface area (Å²) >= 11 is 12.1. The zero-order chi connectivity index (χ0) is 14.5. The van der Waals surface area contributed by atoms with Crippen LogP contribution in [-0.2, 0) is 0 Å². The van der Waals surface area contributed by atoms with Gasteiger partial charge in [-0.2, -0.15) is 0 Å². The number of benzene rings is 1. The predicted octanol–water partition coefficient (Wildman–Crippen LogP) is 4.18. The molecule has 1 aromatic carbocycles. The number of rotatable bonds is 5. The van der Waals surface area contributed by atoms with E-state index in [4.69, 9.17) is 23.2 Å². The molecule has 20 heavy (non-hydrogen) atoms. The number of halogens is 2. The summed E-state index contributed by atoms with van der Waals surface area (Å²) in [5.74, 6) is 0. The van der Waals surface area contributed by atoms with Crippen LogP contribution >= 0.6 is 23.2 Å². The lowest BCUT2D eigenvalue weighted by Gasteiger charge is -2.19. The summed E-state index contributed by atoms with van der Waals surface area (Å²) in [5, 5.41) is 4.57. The molecule has 0 aliphatic heterocycles. The molecule has 0 fully saturated rings. The minimum atomic E-state index is -0.0298. The molecule has 0 aliphatic rings. The Morgan fingerprint density at radius 1 is 1.15 bits per heavy atom. The molecule has 1 aromatic heterocycles. The summed E-state index contributed by atoms with van der Waals surface area (Å²) in [6.07, 6.45) is 4.61. The van der Waals surface area contributed by atoms with E-state index < -0.39 is 0 Å². The fourth-order valence-corrected chi connectivity index (χ4v) is 2.23. The van der Waals surface area contributed by atoms with Gasteiger partial charge in [0.2, 0.25) is 0 Å². The molecule has 3 nitrogen and oxygen atoms in total. The van der Waals surface area contributed by atoms with E-state index in [-0.39, 0.29) is 6.04 Å². The zero-order valence-corrected chi connectivity index (χ0v) is 13.0. The van der Waals surface area contributed by atoms with Crippen molar-refractivity contribution in [3.8, 4) is 0 Å². The van der Waals surface area contributed by atoms with Crippen molar-refractivity contribution in [3.63, 3.8) is 0 Å². The highest BCUT2D eigenvalue weighted by Gasteiger charge is 2.16. The molecule has 1 atom stereocenters. The van der Waals surface area contributed by atoms with E-state index in [9.17, 15) is 0 Å². The number of nitrogens with one attached hydrogen (secondary N) is 1. The molecule has 0 saturated carbocycles. The third kappa shape index (κ3) is 3.69. The molecule has 1 unspecified atom stereocenters. The van der Waals surface area contributed by atoms with Gasteiger partial charge in [0.1, 0.15) is 0 Å². The van der Waals surface area contributed by atoms with Crippen LogP contribution in [0.3, 0.4) is 0 Å². The second kappa shape index (κ2) is 7.02. The minimum Gasteiger partial charge on any atom is -0.305 e. The van der Waals surface area contributed by atoms with Crippen molar-refractivity contribution in [2.24, 2.45) is 0 Å². The maximum atomic E-state index is 6.11. The Labute approximate surface area is 129 Å². The first-order valence-corrected chi connectivity index (χ1v) is 7.34. The van der Waals surface area contributed by atoms with Crippen LogP contribution in [-0.4, -0.2) is 16.5 Å². The lowest BCUT2D eigenvalue weighted by Crippen LogP contribution is -2.24. The van der Waals surface area contributed by atoms with Crippen LogP contribution in [0.25, 0.3) is 0 Å². The third-order valence-electron chi connectivity index (χ3n) is 2.97. The van der Waals surface area contributed by atoms with E-state index in [0.717, 1.165) is 29.9 Å². The van der Waals surface area contributed by atoms with Gasteiger partial charge < -0.3 is 5.32 Å². The van der Waals surface area contributed by atoms with Gasteiger partial charge in [0.05, 0.1) is 33.7 Å². The lowest BCUT2D eigenvalue weighted by atomic mass is 10.0. The lowest BCUT2D eigenvalue weighted by molar-refractivity contribution is 0.584. The van der Waals surface area contributed by atoms with Crippen molar-refractivity contribution in [2.75, 3.05) is 6.54 Å². The van der Waals surface area contributed by atoms with Crippen LogP contribution in [0.15, 0.2) is 30.6 Å². The molecule has 106 valence electrons. The molecule has 0 bridgehead atoms. The fraction of sp³-hybridized carbons (Fsp3) is 0.333. The van der Waals surface area contributed by atoms with Crippen molar-refractivity contribution < 1.29 is 0 Å². The molecule has 1 heterocycles. The van der Waals surface area contributed by atoms with Crippen LogP contribution in [0, 0.1) is 6.92 Å². The van der Waals surface area contributed by atoms with Gasteiger partial charge in [-0.3, -0.25) is 9.97 Å². The maximum Gasteiger partial charge on any atom is 0.0801 e. The van der Waals surface area contributed by atoms with Gasteiger partial charge in [-0.1, -0.05) is 36.2 Å². The van der Waals surface area contributed by atoms with Crippen molar-refractivity contribution in [1.82, 2.24) is 15.3 Å². The number of aryl methyl sites for hydroxylation is 1. The average molecular weight is 310 g/mol. The maximum absolute atomic E-state index is 6.11. The first-order valence-electron chi connectivity index (χ1n) is 6.58. The number of nitrogens with zero attached hydrogens (tertiary/aromatic N) is 2. The monoisotopic (exact) mass is 309 g/mol. The second-order valence-corrected chi connectivity index (χ2v) is 5.46.